The first kappa shape index (κ1) is 22.6. The molecule has 2 aromatic rings. The molecule has 0 aromatic heterocycles. The molecule has 0 saturated heterocycles. The van der Waals surface area contributed by atoms with Crippen LogP contribution < -0.4 is 0 Å². The Kier molecular flexibility index (Phi) is 13.3. The summed E-state index contributed by atoms with van der Waals surface area (Å²) in [6.07, 6.45) is 0. The molecule has 0 aliphatic rings. The summed E-state index contributed by atoms with van der Waals surface area (Å²) in [6, 6.07) is 10.0. The van der Waals surface area contributed by atoms with Crippen molar-refractivity contribution in [1.82, 2.24) is 0 Å². The maximum absolute atomic E-state index is 12.6. The van der Waals surface area contributed by atoms with Gasteiger partial charge in [-0.2, -0.15) is 0 Å². The highest BCUT2D eigenvalue weighted by Gasteiger charge is 1.93. The molecule has 2 heteroatoms. The molecule has 0 N–H and O–H groups in total. The number of aryl methyl sites for hydroxylation is 4. The van der Waals surface area contributed by atoms with Crippen molar-refractivity contribution in [3.63, 3.8) is 0 Å². The van der Waals surface area contributed by atoms with E-state index in [1.54, 1.807) is 19.1 Å². The van der Waals surface area contributed by atoms with Crippen LogP contribution in [0.4, 0.5) is 8.78 Å². The summed E-state index contributed by atoms with van der Waals surface area (Å²) in [5.74, 6) is -0.270. The zero-order valence-electron chi connectivity index (χ0n) is 15.2. The number of halogens is 2. The topological polar surface area (TPSA) is 0 Å². The smallest absolute Gasteiger partial charge is 0.126 e. The second-order valence-corrected chi connectivity index (χ2v) is 4.48. The van der Waals surface area contributed by atoms with E-state index in [-0.39, 0.29) is 11.6 Å². The summed E-state index contributed by atoms with van der Waals surface area (Å²) in [4.78, 5) is 0. The predicted octanol–water partition coefficient (Wildman–Crippen LogP) is 6.94. The zero-order chi connectivity index (χ0) is 17.7. The minimum atomic E-state index is -0.155. The van der Waals surface area contributed by atoms with E-state index in [4.69, 9.17) is 0 Å². The highest BCUT2D eigenvalue weighted by Crippen LogP contribution is 2.07. The van der Waals surface area contributed by atoms with Crippen LogP contribution in [0.3, 0.4) is 0 Å². The van der Waals surface area contributed by atoms with E-state index in [9.17, 15) is 8.78 Å². The fraction of sp³-hybridized carbons (Fsp3) is 0.400. The van der Waals surface area contributed by atoms with Crippen LogP contribution in [0.2, 0.25) is 0 Å². The lowest BCUT2D eigenvalue weighted by atomic mass is 10.1. The molecule has 0 nitrogen and oxygen atoms in total. The Morgan fingerprint density at radius 2 is 1.09 bits per heavy atom. The van der Waals surface area contributed by atoms with Crippen molar-refractivity contribution in [2.24, 2.45) is 0 Å². The van der Waals surface area contributed by atoms with Crippen molar-refractivity contribution in [2.75, 3.05) is 0 Å². The maximum Gasteiger partial charge on any atom is 0.126 e. The van der Waals surface area contributed by atoms with E-state index in [0.29, 0.717) is 5.56 Å². The normalized spacial score (nSPS) is 8.45. The van der Waals surface area contributed by atoms with Crippen LogP contribution in [-0.4, -0.2) is 0 Å². The Labute approximate surface area is 135 Å². The van der Waals surface area contributed by atoms with Gasteiger partial charge >= 0.3 is 0 Å². The molecule has 2 rings (SSSR count). The Morgan fingerprint density at radius 3 is 1.45 bits per heavy atom. The summed E-state index contributed by atoms with van der Waals surface area (Å²) < 4.78 is 24.9. The van der Waals surface area contributed by atoms with Crippen molar-refractivity contribution in [1.29, 1.82) is 0 Å². The molecule has 22 heavy (non-hydrogen) atoms. The summed E-state index contributed by atoms with van der Waals surface area (Å²) in [5.41, 5.74) is 3.82. The number of hydrogen-bond donors (Lipinski definition) is 0. The molecule has 0 saturated carbocycles. The number of benzene rings is 2. The van der Waals surface area contributed by atoms with Crippen LogP contribution in [0.15, 0.2) is 36.4 Å². The van der Waals surface area contributed by atoms with Gasteiger partial charge < -0.3 is 0 Å². The largest absolute Gasteiger partial charge is 0.207 e. The first-order valence-electron chi connectivity index (χ1n) is 7.85. The average molecular weight is 308 g/mol. The van der Waals surface area contributed by atoms with Crippen molar-refractivity contribution in [3.8, 4) is 0 Å². The second-order valence-electron chi connectivity index (χ2n) is 4.48. The zero-order valence-corrected chi connectivity index (χ0v) is 15.2. The summed E-state index contributed by atoms with van der Waals surface area (Å²) in [7, 11) is 0. The lowest BCUT2D eigenvalue weighted by Gasteiger charge is -1.96. The van der Waals surface area contributed by atoms with E-state index < -0.39 is 0 Å². The third kappa shape index (κ3) is 9.28. The van der Waals surface area contributed by atoms with E-state index in [2.05, 4.69) is 0 Å². The van der Waals surface area contributed by atoms with Crippen molar-refractivity contribution < 1.29 is 8.78 Å². The monoisotopic (exact) mass is 308 g/mol. The lowest BCUT2D eigenvalue weighted by Crippen LogP contribution is -1.81. The van der Waals surface area contributed by atoms with Gasteiger partial charge in [-0.1, -0.05) is 45.9 Å². The molecule has 0 aliphatic carbocycles. The minimum absolute atomic E-state index is 0.116. The molecule has 2 aromatic carbocycles. The molecule has 0 unspecified atom stereocenters. The van der Waals surface area contributed by atoms with Gasteiger partial charge in [-0.05, 0) is 68.1 Å². The van der Waals surface area contributed by atoms with Crippen LogP contribution >= 0.6 is 0 Å². The molecule has 0 atom stereocenters. The standard InChI is InChI=1S/2C8H9F.2C2H6/c1-6-3-4-8(9)5-7(6)2;1-6-3-4-7(2)8(9)5-6;2*1-2/h2*3-5H,1-2H3;2*1-2H3. The Balaban J connectivity index is 0. The lowest BCUT2D eigenvalue weighted by molar-refractivity contribution is 0.617. The third-order valence-electron chi connectivity index (χ3n) is 2.80. The molecule has 0 heterocycles. The van der Waals surface area contributed by atoms with Crippen LogP contribution in [0.25, 0.3) is 0 Å². The van der Waals surface area contributed by atoms with Crippen LogP contribution in [0.5, 0.6) is 0 Å². The van der Waals surface area contributed by atoms with Gasteiger partial charge in [0.15, 0.2) is 0 Å². The quantitative estimate of drug-likeness (QED) is 0.494. The average Bonchev–Trinajstić information content (AvgIpc) is 2.52. The van der Waals surface area contributed by atoms with Crippen LogP contribution in [-0.2, 0) is 0 Å². The Hall–Kier alpha value is -1.70. The maximum atomic E-state index is 12.6. The molecular weight excluding hydrogens is 278 g/mol. The third-order valence-corrected chi connectivity index (χ3v) is 2.80. The van der Waals surface area contributed by atoms with Gasteiger partial charge in [-0.3, -0.25) is 0 Å². The fourth-order valence-electron chi connectivity index (χ4n) is 1.40. The van der Waals surface area contributed by atoms with E-state index in [0.717, 1.165) is 16.7 Å². The fourth-order valence-corrected chi connectivity index (χ4v) is 1.40. The first-order valence-corrected chi connectivity index (χ1v) is 7.85. The number of rotatable bonds is 0. The van der Waals surface area contributed by atoms with Gasteiger partial charge in [0.25, 0.3) is 0 Å². The van der Waals surface area contributed by atoms with Gasteiger partial charge in [0.05, 0.1) is 0 Å². The summed E-state index contributed by atoms with van der Waals surface area (Å²) in [5, 5.41) is 0. The second kappa shape index (κ2) is 13.0. The molecule has 0 spiro atoms. The predicted molar refractivity (Wildman–Crippen MR) is 94.4 cm³/mol. The van der Waals surface area contributed by atoms with E-state index in [1.807, 2.05) is 54.5 Å². The Bertz CT molecular complexity index is 482. The van der Waals surface area contributed by atoms with Gasteiger partial charge in [-0.25, -0.2) is 8.78 Å². The molecular formula is C20H30F2. The first-order chi connectivity index (χ1) is 10.4. The SMILES string of the molecule is CC.CC.Cc1ccc(C)c(F)c1.Cc1ccc(F)cc1C. The van der Waals surface area contributed by atoms with E-state index in [1.165, 1.54) is 18.2 Å². The Morgan fingerprint density at radius 1 is 0.591 bits per heavy atom. The van der Waals surface area contributed by atoms with Gasteiger partial charge in [-0.15, -0.1) is 0 Å². The highest BCUT2D eigenvalue weighted by molar-refractivity contribution is 5.24. The van der Waals surface area contributed by atoms with Crippen molar-refractivity contribution in [3.05, 3.63) is 70.3 Å². The highest BCUT2D eigenvalue weighted by atomic mass is 19.1. The van der Waals surface area contributed by atoms with Crippen molar-refractivity contribution >= 4 is 0 Å². The molecule has 0 bridgehead atoms. The summed E-state index contributed by atoms with van der Waals surface area (Å²) >= 11 is 0. The van der Waals surface area contributed by atoms with Gasteiger partial charge in [0, 0.05) is 0 Å². The summed E-state index contributed by atoms with van der Waals surface area (Å²) in [6.45, 7) is 15.5. The number of hydrogen-bond acceptors (Lipinski definition) is 0. The molecule has 0 aliphatic heterocycles. The van der Waals surface area contributed by atoms with Gasteiger partial charge in [0.1, 0.15) is 11.6 Å². The van der Waals surface area contributed by atoms with Crippen molar-refractivity contribution in [2.45, 2.75) is 55.4 Å². The van der Waals surface area contributed by atoms with E-state index >= 15 is 0 Å². The molecule has 124 valence electrons. The minimum Gasteiger partial charge on any atom is -0.207 e. The molecule has 0 amide bonds. The molecule has 0 fully saturated rings. The van der Waals surface area contributed by atoms with Gasteiger partial charge in [0.2, 0.25) is 0 Å². The van der Waals surface area contributed by atoms with Crippen LogP contribution in [0, 0.1) is 39.3 Å². The van der Waals surface area contributed by atoms with Crippen LogP contribution in [0.1, 0.15) is 49.9 Å². The molecule has 0 radical (unpaired) electrons.